The molecule has 0 spiro atoms. The summed E-state index contributed by atoms with van der Waals surface area (Å²) < 4.78 is 5.25. The molecule has 18 heavy (non-hydrogen) atoms. The Morgan fingerprint density at radius 2 is 2.00 bits per heavy atom. The second-order valence-electron chi connectivity index (χ2n) is 3.83. The number of anilines is 1. The van der Waals surface area contributed by atoms with Crippen LogP contribution in [0.3, 0.4) is 0 Å². The SMILES string of the molecule is CNc1ccc(-c2nc(-c3ccc[nH]3)no2)cc1. The van der Waals surface area contributed by atoms with Crippen LogP contribution < -0.4 is 5.32 Å². The van der Waals surface area contributed by atoms with Gasteiger partial charge in [0.15, 0.2) is 0 Å². The fraction of sp³-hybridized carbons (Fsp3) is 0.0769. The molecular formula is C13H12N4O. The van der Waals surface area contributed by atoms with E-state index in [-0.39, 0.29) is 0 Å². The Hall–Kier alpha value is -2.56. The first-order valence-corrected chi connectivity index (χ1v) is 5.62. The van der Waals surface area contributed by atoms with E-state index in [1.54, 1.807) is 0 Å². The number of benzene rings is 1. The lowest BCUT2D eigenvalue weighted by atomic mass is 10.2. The molecule has 5 heteroatoms. The fourth-order valence-electron chi connectivity index (χ4n) is 1.70. The molecule has 2 N–H and O–H groups in total. The number of nitrogens with one attached hydrogen (secondary N) is 2. The molecule has 0 aliphatic rings. The molecule has 90 valence electrons. The van der Waals surface area contributed by atoms with Crippen LogP contribution in [0.4, 0.5) is 5.69 Å². The largest absolute Gasteiger partial charge is 0.388 e. The zero-order chi connectivity index (χ0) is 12.4. The lowest BCUT2D eigenvalue weighted by molar-refractivity contribution is 0.432. The Bertz CT molecular complexity index is 625. The average molecular weight is 240 g/mol. The maximum Gasteiger partial charge on any atom is 0.258 e. The van der Waals surface area contributed by atoms with Crippen molar-refractivity contribution in [2.45, 2.75) is 0 Å². The van der Waals surface area contributed by atoms with Crippen molar-refractivity contribution in [2.24, 2.45) is 0 Å². The van der Waals surface area contributed by atoms with Crippen LogP contribution in [-0.2, 0) is 0 Å². The zero-order valence-electron chi connectivity index (χ0n) is 9.84. The molecule has 0 atom stereocenters. The van der Waals surface area contributed by atoms with E-state index >= 15 is 0 Å². The van der Waals surface area contributed by atoms with Crippen LogP contribution in [0.2, 0.25) is 0 Å². The van der Waals surface area contributed by atoms with Crippen molar-refractivity contribution in [1.82, 2.24) is 15.1 Å². The van der Waals surface area contributed by atoms with Gasteiger partial charge < -0.3 is 14.8 Å². The summed E-state index contributed by atoms with van der Waals surface area (Å²) in [5, 5.41) is 7.01. The number of H-pyrrole nitrogens is 1. The van der Waals surface area contributed by atoms with E-state index in [9.17, 15) is 0 Å². The Labute approximate surface area is 104 Å². The second kappa shape index (κ2) is 4.37. The summed E-state index contributed by atoms with van der Waals surface area (Å²) in [4.78, 5) is 7.39. The van der Waals surface area contributed by atoms with Crippen molar-refractivity contribution in [2.75, 3.05) is 12.4 Å². The molecule has 1 aromatic carbocycles. The predicted molar refractivity (Wildman–Crippen MR) is 69.1 cm³/mol. The first-order chi connectivity index (χ1) is 8.86. The molecule has 0 fully saturated rings. The van der Waals surface area contributed by atoms with E-state index in [4.69, 9.17) is 4.52 Å². The predicted octanol–water partition coefficient (Wildman–Crippen LogP) is 2.77. The first kappa shape index (κ1) is 10.6. The van der Waals surface area contributed by atoms with Crippen molar-refractivity contribution in [3.05, 3.63) is 42.6 Å². The minimum absolute atomic E-state index is 0.516. The van der Waals surface area contributed by atoms with Gasteiger partial charge in [0.05, 0.1) is 5.69 Å². The molecule has 3 rings (SSSR count). The van der Waals surface area contributed by atoms with Gasteiger partial charge in [0.2, 0.25) is 5.82 Å². The Balaban J connectivity index is 1.92. The van der Waals surface area contributed by atoms with Crippen molar-refractivity contribution in [3.63, 3.8) is 0 Å². The summed E-state index contributed by atoms with van der Waals surface area (Å²) in [5.74, 6) is 1.08. The summed E-state index contributed by atoms with van der Waals surface area (Å²) in [5.41, 5.74) is 2.79. The van der Waals surface area contributed by atoms with Crippen LogP contribution in [0.5, 0.6) is 0 Å². The molecule has 0 bridgehead atoms. The summed E-state index contributed by atoms with van der Waals surface area (Å²) >= 11 is 0. The van der Waals surface area contributed by atoms with Gasteiger partial charge >= 0.3 is 0 Å². The molecule has 0 radical (unpaired) electrons. The molecule has 0 amide bonds. The lowest BCUT2D eigenvalue weighted by Crippen LogP contribution is -1.87. The summed E-state index contributed by atoms with van der Waals surface area (Å²) in [7, 11) is 1.88. The highest BCUT2D eigenvalue weighted by atomic mass is 16.5. The van der Waals surface area contributed by atoms with Crippen LogP contribution in [0.15, 0.2) is 47.1 Å². The normalized spacial score (nSPS) is 10.5. The van der Waals surface area contributed by atoms with Crippen LogP contribution in [0, 0.1) is 0 Å². The molecule has 0 unspecified atom stereocenters. The summed E-state index contributed by atoms with van der Waals surface area (Å²) in [6.45, 7) is 0. The Morgan fingerprint density at radius 1 is 1.17 bits per heavy atom. The highest BCUT2D eigenvalue weighted by Crippen LogP contribution is 2.22. The third-order valence-electron chi connectivity index (χ3n) is 2.69. The molecule has 3 aromatic rings. The van der Waals surface area contributed by atoms with E-state index in [0.717, 1.165) is 16.9 Å². The Morgan fingerprint density at radius 3 is 2.67 bits per heavy atom. The van der Waals surface area contributed by atoms with Crippen LogP contribution in [0.25, 0.3) is 23.0 Å². The third-order valence-corrected chi connectivity index (χ3v) is 2.69. The van der Waals surface area contributed by atoms with Crippen molar-refractivity contribution in [3.8, 4) is 23.0 Å². The van der Waals surface area contributed by atoms with E-state index in [1.165, 1.54) is 0 Å². The number of nitrogens with zero attached hydrogens (tertiary/aromatic N) is 2. The van der Waals surface area contributed by atoms with E-state index in [2.05, 4.69) is 20.4 Å². The molecule has 2 heterocycles. The molecular weight excluding hydrogens is 228 g/mol. The van der Waals surface area contributed by atoms with Crippen molar-refractivity contribution >= 4 is 5.69 Å². The third kappa shape index (κ3) is 1.86. The summed E-state index contributed by atoms with van der Waals surface area (Å²) in [6.07, 6.45) is 1.83. The summed E-state index contributed by atoms with van der Waals surface area (Å²) in [6, 6.07) is 11.6. The van der Waals surface area contributed by atoms with Gasteiger partial charge in [-0.05, 0) is 36.4 Å². The molecule has 0 saturated heterocycles. The number of aromatic nitrogens is 3. The molecule has 5 nitrogen and oxygen atoms in total. The monoisotopic (exact) mass is 240 g/mol. The van der Waals surface area contributed by atoms with Crippen molar-refractivity contribution in [1.29, 1.82) is 0 Å². The van der Waals surface area contributed by atoms with Crippen LogP contribution in [-0.4, -0.2) is 22.2 Å². The number of hydrogen-bond acceptors (Lipinski definition) is 4. The van der Waals surface area contributed by atoms with Gasteiger partial charge in [0, 0.05) is 24.5 Å². The number of aromatic amines is 1. The van der Waals surface area contributed by atoms with Gasteiger partial charge in [-0.1, -0.05) is 5.16 Å². The topological polar surface area (TPSA) is 66.7 Å². The molecule has 0 aliphatic carbocycles. The van der Waals surface area contributed by atoms with E-state index in [1.807, 2.05) is 49.6 Å². The van der Waals surface area contributed by atoms with Crippen LogP contribution in [0.1, 0.15) is 0 Å². The molecule has 2 aromatic heterocycles. The zero-order valence-corrected chi connectivity index (χ0v) is 9.84. The van der Waals surface area contributed by atoms with Crippen molar-refractivity contribution < 1.29 is 4.52 Å². The number of hydrogen-bond donors (Lipinski definition) is 2. The quantitative estimate of drug-likeness (QED) is 0.738. The average Bonchev–Trinajstić information content (AvgIpc) is 3.09. The van der Waals surface area contributed by atoms with E-state index < -0.39 is 0 Å². The number of rotatable bonds is 3. The van der Waals surface area contributed by atoms with Gasteiger partial charge in [-0.15, -0.1) is 0 Å². The minimum Gasteiger partial charge on any atom is -0.388 e. The maximum atomic E-state index is 5.25. The smallest absolute Gasteiger partial charge is 0.258 e. The van der Waals surface area contributed by atoms with Crippen LogP contribution >= 0.6 is 0 Å². The highest BCUT2D eigenvalue weighted by Gasteiger charge is 2.10. The highest BCUT2D eigenvalue weighted by molar-refractivity contribution is 5.60. The van der Waals surface area contributed by atoms with Gasteiger partial charge in [0.1, 0.15) is 0 Å². The first-order valence-electron chi connectivity index (χ1n) is 5.62. The minimum atomic E-state index is 0.516. The standard InChI is InChI=1S/C13H12N4O/c1-14-10-6-4-9(5-7-10)13-16-12(17-18-13)11-3-2-8-15-11/h2-8,14-15H,1H3. The van der Waals surface area contributed by atoms with E-state index in [0.29, 0.717) is 11.7 Å². The molecule has 0 aliphatic heterocycles. The maximum absolute atomic E-state index is 5.25. The van der Waals surface area contributed by atoms with Gasteiger partial charge in [0.25, 0.3) is 5.89 Å². The second-order valence-corrected chi connectivity index (χ2v) is 3.83. The molecule has 0 saturated carbocycles. The van der Waals surface area contributed by atoms with Gasteiger partial charge in [-0.3, -0.25) is 0 Å². The Kier molecular flexibility index (Phi) is 2.57. The fourth-order valence-corrected chi connectivity index (χ4v) is 1.70. The van der Waals surface area contributed by atoms with Gasteiger partial charge in [-0.2, -0.15) is 4.98 Å². The van der Waals surface area contributed by atoms with Gasteiger partial charge in [-0.25, -0.2) is 0 Å². The lowest BCUT2D eigenvalue weighted by Gasteiger charge is -1.99.